The highest BCUT2D eigenvalue weighted by Gasteiger charge is 2.10. The highest BCUT2D eigenvalue weighted by Crippen LogP contribution is 2.12. The SMILES string of the molecule is NNC(=O)C1=CCC(F)C=C1. The van der Waals surface area contributed by atoms with Gasteiger partial charge in [-0.05, 0) is 6.08 Å². The topological polar surface area (TPSA) is 55.1 Å². The number of hydrogen-bond donors (Lipinski definition) is 2. The predicted octanol–water partition coefficient (Wildman–Crippen LogP) is 0.201. The van der Waals surface area contributed by atoms with Crippen LogP contribution in [0.4, 0.5) is 4.39 Å². The molecular formula is C7H9FN2O. The Morgan fingerprint density at radius 2 is 2.55 bits per heavy atom. The zero-order valence-corrected chi connectivity index (χ0v) is 5.88. The molecule has 1 atom stereocenters. The Morgan fingerprint density at radius 1 is 1.82 bits per heavy atom. The van der Waals surface area contributed by atoms with Gasteiger partial charge in [-0.15, -0.1) is 0 Å². The van der Waals surface area contributed by atoms with Crippen molar-refractivity contribution in [2.24, 2.45) is 5.84 Å². The van der Waals surface area contributed by atoms with Crippen LogP contribution in [0.2, 0.25) is 0 Å². The zero-order valence-electron chi connectivity index (χ0n) is 5.88. The van der Waals surface area contributed by atoms with Crippen molar-refractivity contribution in [3.63, 3.8) is 0 Å². The van der Waals surface area contributed by atoms with Gasteiger partial charge in [-0.1, -0.05) is 12.2 Å². The summed E-state index contributed by atoms with van der Waals surface area (Å²) in [5.74, 6) is 4.49. The van der Waals surface area contributed by atoms with Crippen molar-refractivity contribution in [2.45, 2.75) is 12.6 Å². The number of allylic oxidation sites excluding steroid dienone is 2. The van der Waals surface area contributed by atoms with E-state index in [-0.39, 0.29) is 12.3 Å². The molecule has 1 aliphatic carbocycles. The van der Waals surface area contributed by atoms with E-state index in [1.54, 1.807) is 0 Å². The third kappa shape index (κ3) is 1.88. The van der Waals surface area contributed by atoms with Crippen LogP contribution in [-0.2, 0) is 4.79 Å². The summed E-state index contributed by atoms with van der Waals surface area (Å²) in [6.45, 7) is 0. The fraction of sp³-hybridized carbons (Fsp3) is 0.286. The Bertz CT molecular complexity index is 222. The summed E-state index contributed by atoms with van der Waals surface area (Å²) in [5.41, 5.74) is 2.39. The average molecular weight is 156 g/mol. The number of hydrazine groups is 1. The second kappa shape index (κ2) is 3.30. The highest BCUT2D eigenvalue weighted by atomic mass is 19.1. The normalized spacial score (nSPS) is 22.7. The standard InChI is InChI=1S/C7H9FN2O/c8-6-3-1-5(2-4-6)7(11)10-9/h1-3,6H,4,9H2,(H,10,11). The summed E-state index contributed by atoms with van der Waals surface area (Å²) >= 11 is 0. The van der Waals surface area contributed by atoms with Crippen molar-refractivity contribution >= 4 is 5.91 Å². The lowest BCUT2D eigenvalue weighted by atomic mass is 10.1. The molecule has 60 valence electrons. The van der Waals surface area contributed by atoms with Crippen LogP contribution in [-0.4, -0.2) is 12.1 Å². The minimum atomic E-state index is -0.968. The summed E-state index contributed by atoms with van der Waals surface area (Å²) in [6.07, 6.45) is 3.57. The van der Waals surface area contributed by atoms with Gasteiger partial charge in [-0.3, -0.25) is 10.2 Å². The van der Waals surface area contributed by atoms with Crippen LogP contribution in [0.1, 0.15) is 6.42 Å². The lowest BCUT2D eigenvalue weighted by molar-refractivity contribution is -0.117. The molecule has 0 aromatic rings. The highest BCUT2D eigenvalue weighted by molar-refractivity contribution is 5.95. The minimum absolute atomic E-state index is 0.249. The average Bonchev–Trinajstić information content (AvgIpc) is 2.05. The smallest absolute Gasteiger partial charge is 0.264 e. The Balaban J connectivity index is 2.63. The van der Waals surface area contributed by atoms with Crippen LogP contribution < -0.4 is 11.3 Å². The molecule has 1 aliphatic rings. The van der Waals surface area contributed by atoms with Crippen LogP contribution in [0.15, 0.2) is 23.8 Å². The van der Waals surface area contributed by atoms with Crippen molar-refractivity contribution in [3.05, 3.63) is 23.8 Å². The molecule has 0 bridgehead atoms. The molecule has 0 fully saturated rings. The van der Waals surface area contributed by atoms with Crippen LogP contribution in [0, 0.1) is 0 Å². The number of hydrogen-bond acceptors (Lipinski definition) is 2. The molecule has 0 aromatic heterocycles. The Kier molecular flexibility index (Phi) is 2.38. The van der Waals surface area contributed by atoms with E-state index >= 15 is 0 Å². The summed E-state index contributed by atoms with van der Waals surface area (Å²) in [4.78, 5) is 10.8. The maximum atomic E-state index is 12.4. The lowest BCUT2D eigenvalue weighted by Crippen LogP contribution is -2.31. The van der Waals surface area contributed by atoms with E-state index in [1.165, 1.54) is 18.2 Å². The first-order chi connectivity index (χ1) is 5.24. The maximum Gasteiger partial charge on any atom is 0.264 e. The van der Waals surface area contributed by atoms with Gasteiger partial charge in [0, 0.05) is 12.0 Å². The Labute approximate surface area is 63.7 Å². The second-order valence-corrected chi connectivity index (χ2v) is 2.24. The largest absolute Gasteiger partial charge is 0.290 e. The van der Waals surface area contributed by atoms with E-state index in [1.807, 2.05) is 5.43 Å². The number of carbonyl (C=O) groups is 1. The maximum absolute atomic E-state index is 12.4. The molecule has 0 aliphatic heterocycles. The van der Waals surface area contributed by atoms with E-state index in [2.05, 4.69) is 0 Å². The number of amides is 1. The first kappa shape index (κ1) is 7.94. The molecule has 0 radical (unpaired) electrons. The zero-order chi connectivity index (χ0) is 8.27. The molecule has 0 spiro atoms. The third-order valence-electron chi connectivity index (χ3n) is 1.44. The fourth-order valence-corrected chi connectivity index (χ4v) is 0.846. The third-order valence-corrected chi connectivity index (χ3v) is 1.44. The van der Waals surface area contributed by atoms with Gasteiger partial charge in [-0.2, -0.15) is 0 Å². The first-order valence-corrected chi connectivity index (χ1v) is 3.27. The van der Waals surface area contributed by atoms with Crippen LogP contribution in [0.5, 0.6) is 0 Å². The van der Waals surface area contributed by atoms with E-state index < -0.39 is 6.17 Å². The summed E-state index contributed by atoms with van der Waals surface area (Å²) in [6, 6.07) is 0. The number of halogens is 1. The van der Waals surface area contributed by atoms with E-state index in [4.69, 9.17) is 5.84 Å². The van der Waals surface area contributed by atoms with Gasteiger partial charge in [0.1, 0.15) is 6.17 Å². The van der Waals surface area contributed by atoms with Crippen molar-refractivity contribution in [1.29, 1.82) is 0 Å². The molecule has 1 rings (SSSR count). The molecular weight excluding hydrogens is 147 g/mol. The fourth-order valence-electron chi connectivity index (χ4n) is 0.846. The van der Waals surface area contributed by atoms with Gasteiger partial charge in [0.2, 0.25) is 0 Å². The van der Waals surface area contributed by atoms with Gasteiger partial charge in [0.25, 0.3) is 5.91 Å². The molecule has 0 saturated heterocycles. The van der Waals surface area contributed by atoms with Gasteiger partial charge in [-0.25, -0.2) is 10.2 Å². The Hall–Kier alpha value is -1.16. The summed E-state index contributed by atoms with van der Waals surface area (Å²) < 4.78 is 12.4. The number of carbonyl (C=O) groups excluding carboxylic acids is 1. The summed E-state index contributed by atoms with van der Waals surface area (Å²) in [7, 11) is 0. The van der Waals surface area contributed by atoms with E-state index in [9.17, 15) is 9.18 Å². The number of rotatable bonds is 1. The second-order valence-electron chi connectivity index (χ2n) is 2.24. The van der Waals surface area contributed by atoms with Crippen molar-refractivity contribution in [2.75, 3.05) is 0 Å². The minimum Gasteiger partial charge on any atom is -0.290 e. The monoisotopic (exact) mass is 156 g/mol. The molecule has 3 nitrogen and oxygen atoms in total. The number of alkyl halides is 1. The lowest BCUT2D eigenvalue weighted by Gasteiger charge is -2.07. The Morgan fingerprint density at radius 3 is 3.00 bits per heavy atom. The molecule has 11 heavy (non-hydrogen) atoms. The number of nitrogens with two attached hydrogens (primary N) is 1. The van der Waals surface area contributed by atoms with Crippen molar-refractivity contribution in [3.8, 4) is 0 Å². The molecule has 0 aromatic carbocycles. The first-order valence-electron chi connectivity index (χ1n) is 3.27. The van der Waals surface area contributed by atoms with Crippen LogP contribution in [0.3, 0.4) is 0 Å². The molecule has 4 heteroatoms. The molecule has 0 saturated carbocycles. The number of nitrogens with one attached hydrogen (secondary N) is 1. The van der Waals surface area contributed by atoms with Crippen molar-refractivity contribution in [1.82, 2.24) is 5.43 Å². The van der Waals surface area contributed by atoms with Gasteiger partial charge >= 0.3 is 0 Å². The molecule has 1 unspecified atom stereocenters. The van der Waals surface area contributed by atoms with Crippen LogP contribution in [0.25, 0.3) is 0 Å². The molecule has 1 amide bonds. The molecule has 3 N–H and O–H groups in total. The molecule has 0 heterocycles. The van der Waals surface area contributed by atoms with E-state index in [0.717, 1.165) is 0 Å². The van der Waals surface area contributed by atoms with Crippen molar-refractivity contribution < 1.29 is 9.18 Å². The van der Waals surface area contributed by atoms with E-state index in [0.29, 0.717) is 5.57 Å². The summed E-state index contributed by atoms with van der Waals surface area (Å²) in [5, 5.41) is 0. The quantitative estimate of drug-likeness (QED) is 0.324. The van der Waals surface area contributed by atoms with Crippen LogP contribution >= 0.6 is 0 Å². The van der Waals surface area contributed by atoms with Gasteiger partial charge in [0.15, 0.2) is 0 Å². The predicted molar refractivity (Wildman–Crippen MR) is 39.1 cm³/mol. The van der Waals surface area contributed by atoms with Gasteiger partial charge in [0.05, 0.1) is 0 Å². The van der Waals surface area contributed by atoms with Gasteiger partial charge < -0.3 is 0 Å².